The Kier molecular flexibility index (Phi) is 6.60. The molecule has 146 valence electrons. The Labute approximate surface area is 158 Å². The average molecular weight is 347 g/mol. The molecule has 3 rings (SSSR count). The summed E-state index contributed by atoms with van der Waals surface area (Å²) in [4.78, 5) is 0. The normalized spacial score (nSPS) is 50.6. The molecule has 0 spiro atoms. The van der Waals surface area contributed by atoms with Crippen LogP contribution in [0.2, 0.25) is 0 Å². The summed E-state index contributed by atoms with van der Waals surface area (Å²) in [5.41, 5.74) is 0. The first-order valence-corrected chi connectivity index (χ1v) is 12.0. The highest BCUT2D eigenvalue weighted by Crippen LogP contribution is 2.57. The van der Waals surface area contributed by atoms with E-state index in [-0.39, 0.29) is 0 Å². The van der Waals surface area contributed by atoms with E-state index in [1.165, 1.54) is 32.1 Å². The van der Waals surface area contributed by atoms with Crippen LogP contribution < -0.4 is 0 Å². The highest BCUT2D eigenvalue weighted by molar-refractivity contribution is 4.99. The Bertz CT molecular complexity index is 412. The third-order valence-corrected chi connectivity index (χ3v) is 9.63. The summed E-state index contributed by atoms with van der Waals surface area (Å²) >= 11 is 0. The molecule has 0 amide bonds. The molecule has 0 heterocycles. The van der Waals surface area contributed by atoms with E-state index in [2.05, 4.69) is 41.5 Å². The van der Waals surface area contributed by atoms with E-state index in [0.29, 0.717) is 0 Å². The maximum atomic E-state index is 2.64. The lowest BCUT2D eigenvalue weighted by Crippen LogP contribution is -2.45. The van der Waals surface area contributed by atoms with Gasteiger partial charge < -0.3 is 0 Å². The molecule has 0 nitrogen and oxygen atoms in total. The van der Waals surface area contributed by atoms with Gasteiger partial charge in [0, 0.05) is 0 Å². The standard InChI is InChI=1S/C25H46/c1-7-10-24-18(6)23(9-3)16(4)17(5)25(24)22-14-20-12-11-19(8-2)13-21(20)15-22/h16-25H,7-15H2,1-6H3. The van der Waals surface area contributed by atoms with Crippen molar-refractivity contribution >= 4 is 0 Å². The van der Waals surface area contributed by atoms with Crippen LogP contribution in [0.4, 0.5) is 0 Å². The number of hydrogen-bond acceptors (Lipinski definition) is 0. The first-order valence-electron chi connectivity index (χ1n) is 12.0. The van der Waals surface area contributed by atoms with Gasteiger partial charge in [0.15, 0.2) is 0 Å². The predicted molar refractivity (Wildman–Crippen MR) is 110 cm³/mol. The molecule has 3 fully saturated rings. The Morgan fingerprint density at radius 3 is 2.00 bits per heavy atom. The molecule has 3 aliphatic carbocycles. The largest absolute Gasteiger partial charge is 0.0654 e. The smallest absolute Gasteiger partial charge is 0.0326 e. The van der Waals surface area contributed by atoms with Gasteiger partial charge in [-0.3, -0.25) is 0 Å². The lowest BCUT2D eigenvalue weighted by Gasteiger charge is -2.52. The van der Waals surface area contributed by atoms with Gasteiger partial charge >= 0.3 is 0 Å². The zero-order chi connectivity index (χ0) is 18.1. The third kappa shape index (κ3) is 3.70. The minimum atomic E-state index is 0.934. The van der Waals surface area contributed by atoms with Crippen molar-refractivity contribution in [3.63, 3.8) is 0 Å². The molecule has 0 saturated heterocycles. The maximum Gasteiger partial charge on any atom is -0.0326 e. The Hall–Kier alpha value is 0. The molecule has 0 aromatic heterocycles. The molecule has 0 heteroatoms. The molecule has 0 bridgehead atoms. The van der Waals surface area contributed by atoms with E-state index in [4.69, 9.17) is 0 Å². The van der Waals surface area contributed by atoms with Crippen LogP contribution in [0, 0.1) is 59.2 Å². The molecule has 0 radical (unpaired) electrons. The predicted octanol–water partition coefficient (Wildman–Crippen LogP) is 7.82. The number of hydrogen-bond donors (Lipinski definition) is 0. The average Bonchev–Trinajstić information content (AvgIpc) is 3.02. The highest BCUT2D eigenvalue weighted by atomic mass is 14.5. The monoisotopic (exact) mass is 346 g/mol. The zero-order valence-corrected chi connectivity index (χ0v) is 18.1. The second kappa shape index (κ2) is 8.35. The van der Waals surface area contributed by atoms with Gasteiger partial charge in [-0.15, -0.1) is 0 Å². The van der Waals surface area contributed by atoms with Crippen molar-refractivity contribution in [2.45, 2.75) is 99.3 Å². The van der Waals surface area contributed by atoms with Gasteiger partial charge in [0.05, 0.1) is 0 Å². The lowest BCUT2D eigenvalue weighted by atomic mass is 9.53. The van der Waals surface area contributed by atoms with Gasteiger partial charge in [0.2, 0.25) is 0 Å². The number of fused-ring (bicyclic) bond motifs is 1. The Balaban J connectivity index is 1.77. The topological polar surface area (TPSA) is 0 Å². The van der Waals surface area contributed by atoms with Gasteiger partial charge in [-0.1, -0.05) is 73.6 Å². The molecule has 3 saturated carbocycles. The zero-order valence-electron chi connectivity index (χ0n) is 18.1. The second-order valence-corrected chi connectivity index (χ2v) is 10.5. The fraction of sp³-hybridized carbons (Fsp3) is 1.00. The molecule has 0 N–H and O–H groups in total. The van der Waals surface area contributed by atoms with E-state index in [0.717, 1.165) is 59.2 Å². The maximum absolute atomic E-state index is 2.64. The van der Waals surface area contributed by atoms with Crippen LogP contribution in [-0.4, -0.2) is 0 Å². The van der Waals surface area contributed by atoms with Crippen LogP contribution in [0.25, 0.3) is 0 Å². The second-order valence-electron chi connectivity index (χ2n) is 10.5. The van der Waals surface area contributed by atoms with E-state index >= 15 is 0 Å². The lowest BCUT2D eigenvalue weighted by molar-refractivity contribution is -0.0325. The van der Waals surface area contributed by atoms with Crippen LogP contribution in [0.1, 0.15) is 99.3 Å². The molecule has 10 unspecified atom stereocenters. The summed E-state index contributed by atoms with van der Waals surface area (Å²) in [6, 6.07) is 0. The summed E-state index contributed by atoms with van der Waals surface area (Å²) in [6.45, 7) is 15.2. The van der Waals surface area contributed by atoms with Gasteiger partial charge in [-0.05, 0) is 84.9 Å². The van der Waals surface area contributed by atoms with Crippen LogP contribution in [-0.2, 0) is 0 Å². The Morgan fingerprint density at radius 2 is 1.36 bits per heavy atom. The summed E-state index contributed by atoms with van der Waals surface area (Å²) in [7, 11) is 0. The van der Waals surface area contributed by atoms with Crippen molar-refractivity contribution in [1.29, 1.82) is 0 Å². The molecule has 0 aliphatic heterocycles. The summed E-state index contributed by atoms with van der Waals surface area (Å²) in [5.74, 6) is 10.1. The molecule has 0 aromatic rings. The van der Waals surface area contributed by atoms with E-state index < -0.39 is 0 Å². The third-order valence-electron chi connectivity index (χ3n) is 9.63. The minimum absolute atomic E-state index is 0.934. The SMILES string of the molecule is CCCC1C(C)C(CC)C(C)C(C)C1C1CC2CCC(CC)CC2C1. The minimum Gasteiger partial charge on any atom is -0.0654 e. The van der Waals surface area contributed by atoms with Crippen LogP contribution in [0.5, 0.6) is 0 Å². The van der Waals surface area contributed by atoms with Crippen LogP contribution in [0.3, 0.4) is 0 Å². The van der Waals surface area contributed by atoms with Crippen molar-refractivity contribution in [2.24, 2.45) is 59.2 Å². The molecule has 10 atom stereocenters. The quantitative estimate of drug-likeness (QED) is 0.476. The fourth-order valence-electron chi connectivity index (χ4n) is 8.17. The van der Waals surface area contributed by atoms with Crippen molar-refractivity contribution in [1.82, 2.24) is 0 Å². The van der Waals surface area contributed by atoms with Crippen LogP contribution in [0.15, 0.2) is 0 Å². The molecular weight excluding hydrogens is 300 g/mol. The van der Waals surface area contributed by atoms with E-state index in [1.807, 2.05) is 0 Å². The van der Waals surface area contributed by atoms with Gasteiger partial charge in [-0.2, -0.15) is 0 Å². The first kappa shape index (κ1) is 19.8. The van der Waals surface area contributed by atoms with Crippen molar-refractivity contribution in [3.05, 3.63) is 0 Å². The Morgan fingerprint density at radius 1 is 0.640 bits per heavy atom. The van der Waals surface area contributed by atoms with Crippen LogP contribution >= 0.6 is 0 Å². The van der Waals surface area contributed by atoms with E-state index in [1.54, 1.807) is 25.7 Å². The summed E-state index contributed by atoms with van der Waals surface area (Å²) < 4.78 is 0. The van der Waals surface area contributed by atoms with E-state index in [9.17, 15) is 0 Å². The van der Waals surface area contributed by atoms with Gasteiger partial charge in [-0.25, -0.2) is 0 Å². The van der Waals surface area contributed by atoms with Crippen molar-refractivity contribution < 1.29 is 0 Å². The van der Waals surface area contributed by atoms with Gasteiger partial charge in [0.25, 0.3) is 0 Å². The summed E-state index contributed by atoms with van der Waals surface area (Å²) in [6.07, 6.45) is 13.5. The molecule has 25 heavy (non-hydrogen) atoms. The number of rotatable bonds is 5. The molecule has 0 aromatic carbocycles. The highest BCUT2D eigenvalue weighted by Gasteiger charge is 2.50. The summed E-state index contributed by atoms with van der Waals surface area (Å²) in [5, 5.41) is 0. The fourth-order valence-corrected chi connectivity index (χ4v) is 8.17. The van der Waals surface area contributed by atoms with Crippen molar-refractivity contribution in [3.8, 4) is 0 Å². The first-order chi connectivity index (χ1) is 12.0. The van der Waals surface area contributed by atoms with Crippen molar-refractivity contribution in [2.75, 3.05) is 0 Å². The molecule has 3 aliphatic rings. The molecular formula is C25H46. The van der Waals surface area contributed by atoms with Gasteiger partial charge in [0.1, 0.15) is 0 Å².